The number of carbonyl (C=O) groups is 1. The zero-order valence-corrected chi connectivity index (χ0v) is 15.4. The minimum absolute atomic E-state index is 0.278. The van der Waals surface area contributed by atoms with E-state index in [1.54, 1.807) is 30.3 Å². The molecule has 144 valence electrons. The van der Waals surface area contributed by atoms with Gasteiger partial charge in [0.25, 0.3) is 0 Å². The van der Waals surface area contributed by atoms with Gasteiger partial charge < -0.3 is 9.84 Å². The predicted octanol–water partition coefficient (Wildman–Crippen LogP) is 3.15. The van der Waals surface area contributed by atoms with Gasteiger partial charge in [-0.3, -0.25) is 9.58 Å². The van der Waals surface area contributed by atoms with Gasteiger partial charge in [0.05, 0.1) is 17.9 Å². The third-order valence-electron chi connectivity index (χ3n) is 4.70. The largest absolute Gasteiger partial charge is 0.482 e. The second-order valence-corrected chi connectivity index (χ2v) is 6.91. The Morgan fingerprint density at radius 1 is 1.21 bits per heavy atom. The predicted molar refractivity (Wildman–Crippen MR) is 101 cm³/mol. The SMILES string of the molecule is CN1Cc2nn(Cc3cccc(OCC(=O)O)c3)c(-c3ccccc3F)c2C1. The van der Waals surface area contributed by atoms with Gasteiger partial charge in [0, 0.05) is 24.2 Å². The Balaban J connectivity index is 1.70. The van der Waals surface area contributed by atoms with E-state index in [2.05, 4.69) is 4.90 Å². The molecule has 1 aliphatic heterocycles. The highest BCUT2D eigenvalue weighted by molar-refractivity contribution is 5.68. The zero-order chi connectivity index (χ0) is 19.7. The van der Waals surface area contributed by atoms with E-state index in [1.165, 1.54) is 6.07 Å². The van der Waals surface area contributed by atoms with Crippen molar-refractivity contribution in [2.45, 2.75) is 19.6 Å². The maximum absolute atomic E-state index is 14.5. The first-order valence-electron chi connectivity index (χ1n) is 8.97. The van der Waals surface area contributed by atoms with Gasteiger partial charge in [-0.1, -0.05) is 24.3 Å². The molecule has 7 heteroatoms. The van der Waals surface area contributed by atoms with Crippen LogP contribution in [0.2, 0.25) is 0 Å². The van der Waals surface area contributed by atoms with Crippen LogP contribution in [0.1, 0.15) is 16.8 Å². The summed E-state index contributed by atoms with van der Waals surface area (Å²) in [7, 11) is 2.01. The molecule has 0 radical (unpaired) electrons. The molecule has 2 aromatic carbocycles. The Morgan fingerprint density at radius 3 is 2.82 bits per heavy atom. The van der Waals surface area contributed by atoms with Gasteiger partial charge in [-0.2, -0.15) is 5.10 Å². The second kappa shape index (κ2) is 7.44. The van der Waals surface area contributed by atoms with Crippen LogP contribution < -0.4 is 4.74 Å². The molecular weight excluding hydrogens is 361 g/mol. The fourth-order valence-electron chi connectivity index (χ4n) is 3.54. The maximum atomic E-state index is 14.5. The van der Waals surface area contributed by atoms with Gasteiger partial charge in [-0.15, -0.1) is 0 Å². The number of hydrogen-bond donors (Lipinski definition) is 1. The first-order valence-corrected chi connectivity index (χ1v) is 8.97. The Morgan fingerprint density at radius 2 is 2.04 bits per heavy atom. The maximum Gasteiger partial charge on any atom is 0.341 e. The minimum Gasteiger partial charge on any atom is -0.482 e. The van der Waals surface area contributed by atoms with Crippen LogP contribution in [0.4, 0.5) is 4.39 Å². The molecule has 1 aliphatic rings. The first kappa shape index (κ1) is 18.2. The summed E-state index contributed by atoms with van der Waals surface area (Å²) in [6.07, 6.45) is 0. The van der Waals surface area contributed by atoms with Crippen molar-refractivity contribution in [2.75, 3.05) is 13.7 Å². The van der Waals surface area contributed by atoms with Gasteiger partial charge in [-0.05, 0) is 36.9 Å². The topological polar surface area (TPSA) is 67.6 Å². The molecule has 0 fully saturated rings. The van der Waals surface area contributed by atoms with Crippen molar-refractivity contribution in [3.05, 3.63) is 71.2 Å². The Kier molecular flexibility index (Phi) is 4.83. The van der Waals surface area contributed by atoms with Gasteiger partial charge in [0.2, 0.25) is 0 Å². The number of ether oxygens (including phenoxy) is 1. The number of aromatic nitrogens is 2. The highest BCUT2D eigenvalue weighted by atomic mass is 19.1. The number of hydrogen-bond acceptors (Lipinski definition) is 4. The number of aliphatic carboxylic acids is 1. The van der Waals surface area contributed by atoms with Crippen molar-refractivity contribution in [3.63, 3.8) is 0 Å². The van der Waals surface area contributed by atoms with E-state index >= 15 is 0 Å². The summed E-state index contributed by atoms with van der Waals surface area (Å²) in [6.45, 7) is 1.49. The molecule has 0 unspecified atom stereocenters. The van der Waals surface area contributed by atoms with Crippen LogP contribution in [0.3, 0.4) is 0 Å². The van der Waals surface area contributed by atoms with Crippen LogP contribution >= 0.6 is 0 Å². The van der Waals surface area contributed by atoms with E-state index in [-0.39, 0.29) is 5.82 Å². The van der Waals surface area contributed by atoms with E-state index in [0.29, 0.717) is 17.9 Å². The number of benzene rings is 2. The monoisotopic (exact) mass is 381 g/mol. The molecule has 0 spiro atoms. The Hall–Kier alpha value is -3.19. The van der Waals surface area contributed by atoms with Crippen molar-refractivity contribution in [2.24, 2.45) is 0 Å². The van der Waals surface area contributed by atoms with Crippen LogP contribution in [0, 0.1) is 5.82 Å². The summed E-state index contributed by atoms with van der Waals surface area (Å²) < 4.78 is 21.6. The molecule has 4 rings (SSSR count). The summed E-state index contributed by atoms with van der Waals surface area (Å²) in [5.74, 6) is -0.828. The second-order valence-electron chi connectivity index (χ2n) is 6.91. The lowest BCUT2D eigenvalue weighted by molar-refractivity contribution is -0.139. The molecule has 6 nitrogen and oxygen atoms in total. The van der Waals surface area contributed by atoms with Crippen LogP contribution in [-0.2, 0) is 24.4 Å². The third-order valence-corrected chi connectivity index (χ3v) is 4.70. The number of fused-ring (bicyclic) bond motifs is 1. The fourth-order valence-corrected chi connectivity index (χ4v) is 3.54. The Labute approximate surface area is 161 Å². The van der Waals surface area contributed by atoms with Crippen molar-refractivity contribution in [1.82, 2.24) is 14.7 Å². The molecule has 0 bridgehead atoms. The minimum atomic E-state index is -1.03. The van der Waals surface area contributed by atoms with Crippen LogP contribution in [0.25, 0.3) is 11.3 Å². The standard InChI is InChI=1S/C21H20FN3O3/c1-24-11-17-19(12-24)23-25(21(17)16-7-2-3-8-18(16)22)10-14-5-4-6-15(9-14)28-13-20(26)27/h2-9H,10-13H2,1H3,(H,26,27). The number of carboxylic acids is 1. The molecule has 3 aromatic rings. The number of carboxylic acid groups (broad SMARTS) is 1. The van der Waals surface area contributed by atoms with Gasteiger partial charge in [-0.25, -0.2) is 9.18 Å². The van der Waals surface area contributed by atoms with Gasteiger partial charge >= 0.3 is 5.97 Å². The lowest BCUT2D eigenvalue weighted by Crippen LogP contribution is -2.13. The first-order chi connectivity index (χ1) is 13.5. The average molecular weight is 381 g/mol. The summed E-state index contributed by atoms with van der Waals surface area (Å²) >= 11 is 0. The molecule has 1 N–H and O–H groups in total. The molecule has 28 heavy (non-hydrogen) atoms. The van der Waals surface area contributed by atoms with Crippen molar-refractivity contribution >= 4 is 5.97 Å². The zero-order valence-electron chi connectivity index (χ0n) is 15.4. The summed E-state index contributed by atoms with van der Waals surface area (Å²) in [6, 6.07) is 13.9. The molecule has 2 heterocycles. The lowest BCUT2D eigenvalue weighted by Gasteiger charge is -2.13. The fraction of sp³-hybridized carbons (Fsp3) is 0.238. The quantitative estimate of drug-likeness (QED) is 0.711. The van der Waals surface area contributed by atoms with Crippen molar-refractivity contribution in [3.8, 4) is 17.0 Å². The molecule has 0 saturated carbocycles. The average Bonchev–Trinajstić information content (AvgIpc) is 3.16. The third kappa shape index (κ3) is 3.61. The van der Waals surface area contributed by atoms with Crippen LogP contribution in [0.15, 0.2) is 48.5 Å². The smallest absolute Gasteiger partial charge is 0.341 e. The van der Waals surface area contributed by atoms with Crippen molar-refractivity contribution in [1.29, 1.82) is 0 Å². The van der Waals surface area contributed by atoms with Crippen LogP contribution in [0.5, 0.6) is 5.75 Å². The summed E-state index contributed by atoms with van der Waals surface area (Å²) in [4.78, 5) is 12.9. The van der Waals surface area contributed by atoms with Gasteiger partial charge in [0.15, 0.2) is 6.61 Å². The highest BCUT2D eigenvalue weighted by Gasteiger charge is 2.27. The molecule has 0 amide bonds. The van der Waals surface area contributed by atoms with E-state index in [0.717, 1.165) is 35.6 Å². The van der Waals surface area contributed by atoms with Crippen LogP contribution in [-0.4, -0.2) is 39.4 Å². The van der Waals surface area contributed by atoms with E-state index in [4.69, 9.17) is 14.9 Å². The molecule has 1 aromatic heterocycles. The normalized spacial score (nSPS) is 13.5. The van der Waals surface area contributed by atoms with E-state index < -0.39 is 12.6 Å². The highest BCUT2D eigenvalue weighted by Crippen LogP contribution is 2.34. The summed E-state index contributed by atoms with van der Waals surface area (Å²) in [5, 5.41) is 13.5. The summed E-state index contributed by atoms with van der Waals surface area (Å²) in [5.41, 5.74) is 4.22. The van der Waals surface area contributed by atoms with Crippen molar-refractivity contribution < 1.29 is 19.0 Å². The molecular formula is C21H20FN3O3. The molecule has 0 atom stereocenters. The molecule has 0 saturated heterocycles. The van der Waals surface area contributed by atoms with Gasteiger partial charge in [0.1, 0.15) is 11.6 Å². The lowest BCUT2D eigenvalue weighted by atomic mass is 10.1. The molecule has 0 aliphatic carbocycles. The number of nitrogens with zero attached hydrogens (tertiary/aromatic N) is 3. The van der Waals surface area contributed by atoms with E-state index in [1.807, 2.05) is 23.9 Å². The number of halogens is 1. The number of rotatable bonds is 6. The van der Waals surface area contributed by atoms with E-state index in [9.17, 15) is 9.18 Å². The Bertz CT molecular complexity index is 1030.